The molecule has 0 aliphatic rings. The minimum atomic E-state index is 0.104. The number of rotatable bonds is 15. The number of phenols is 2. The highest BCUT2D eigenvalue weighted by molar-refractivity contribution is 8.02. The first kappa shape index (κ1) is 28.4. The topological polar surface area (TPSA) is 84.1 Å². The number of hydrogen-bond donors (Lipinski definition) is 2. The minimum Gasteiger partial charge on any atom is -0.507 e. The monoisotopic (exact) mass is 566 g/mol. The third-order valence-corrected chi connectivity index (χ3v) is 9.42. The van der Waals surface area contributed by atoms with Crippen molar-refractivity contribution >= 4 is 35.3 Å². The van der Waals surface area contributed by atoms with Crippen LogP contribution in [-0.2, 0) is 0 Å². The van der Waals surface area contributed by atoms with Crippen LogP contribution in [0.15, 0.2) is 91.5 Å². The van der Waals surface area contributed by atoms with Gasteiger partial charge in [0, 0.05) is 4.90 Å². The zero-order valence-electron chi connectivity index (χ0n) is 21.6. The molecular weight excluding hydrogens is 533 g/mol. The lowest BCUT2D eigenvalue weighted by Gasteiger charge is -2.16. The third-order valence-electron chi connectivity index (χ3n) is 6.01. The maximum Gasteiger partial charge on any atom is 0.219 e. The zero-order chi connectivity index (χ0) is 26.6. The van der Waals surface area contributed by atoms with E-state index in [0.717, 1.165) is 22.8 Å². The second-order valence-electron chi connectivity index (χ2n) is 8.95. The molecule has 2 N–H and O–H groups in total. The van der Waals surface area contributed by atoms with Crippen molar-refractivity contribution in [3.8, 4) is 17.2 Å². The predicted molar refractivity (Wildman–Crippen MR) is 157 cm³/mol. The number of phenolic OH excluding ortho intramolecular Hbond substituents is 2. The number of unbranched alkanes of at least 4 members (excludes halogenated alkanes) is 7. The molecule has 0 radical (unpaired) electrons. The Morgan fingerprint density at radius 2 is 1.42 bits per heavy atom. The summed E-state index contributed by atoms with van der Waals surface area (Å²) in [6, 6.07) is 21.1. The maximum absolute atomic E-state index is 11.4. The fraction of sp³-hybridized carbons (Fsp3) is 0.345. The van der Waals surface area contributed by atoms with E-state index >= 15 is 0 Å². The van der Waals surface area contributed by atoms with E-state index in [1.54, 1.807) is 22.5 Å². The van der Waals surface area contributed by atoms with Crippen molar-refractivity contribution in [1.82, 2.24) is 20.2 Å². The summed E-state index contributed by atoms with van der Waals surface area (Å²) < 4.78 is 1.63. The van der Waals surface area contributed by atoms with Gasteiger partial charge in [0.2, 0.25) is 5.16 Å². The van der Waals surface area contributed by atoms with Crippen LogP contribution in [0.5, 0.6) is 11.5 Å². The van der Waals surface area contributed by atoms with Gasteiger partial charge in [0.25, 0.3) is 0 Å². The Morgan fingerprint density at radius 3 is 2.13 bits per heavy atom. The highest BCUT2D eigenvalue weighted by Crippen LogP contribution is 2.51. The predicted octanol–water partition coefficient (Wildman–Crippen LogP) is 8.61. The molecule has 0 unspecified atom stereocenters. The Bertz CT molecular complexity index is 1270. The Labute approximate surface area is 237 Å². The molecule has 4 rings (SSSR count). The van der Waals surface area contributed by atoms with Crippen LogP contribution in [0.2, 0.25) is 0 Å². The summed E-state index contributed by atoms with van der Waals surface area (Å²) >= 11 is 4.26. The van der Waals surface area contributed by atoms with Gasteiger partial charge >= 0.3 is 0 Å². The van der Waals surface area contributed by atoms with E-state index in [1.165, 1.54) is 68.5 Å². The second-order valence-corrected chi connectivity index (χ2v) is 12.1. The van der Waals surface area contributed by atoms with Gasteiger partial charge in [0.05, 0.1) is 20.4 Å². The van der Waals surface area contributed by atoms with Crippen molar-refractivity contribution < 1.29 is 10.2 Å². The molecule has 0 saturated carbocycles. The molecule has 0 saturated heterocycles. The molecule has 1 aromatic heterocycles. The Kier molecular flexibility index (Phi) is 11.3. The Hall–Kier alpha value is -2.62. The SMILES string of the molecule is CCCCCCCCCCSc1cc(O)c(Sc2nnnn2-c2ccccc2)c(Sc2ccccc2)c1O. The van der Waals surface area contributed by atoms with E-state index in [9.17, 15) is 10.2 Å². The van der Waals surface area contributed by atoms with Crippen molar-refractivity contribution in [2.24, 2.45) is 0 Å². The number of para-hydroxylation sites is 1. The highest BCUT2D eigenvalue weighted by Gasteiger charge is 2.23. The standard InChI is InChI=1S/C29H34N4O2S3/c1-2-3-4-5-6-7-8-15-20-36-25-21-24(34)27(28(26(25)35)37-23-18-13-10-14-19-23)38-29-30-31-32-33(29)22-16-11-9-12-17-22/h9-14,16-19,21,34-35H,2-8,15,20H2,1H3. The molecular formula is C29H34N4O2S3. The molecule has 9 heteroatoms. The van der Waals surface area contributed by atoms with E-state index in [2.05, 4.69) is 22.4 Å². The van der Waals surface area contributed by atoms with Crippen LogP contribution in [-0.4, -0.2) is 36.2 Å². The Balaban J connectivity index is 1.51. The molecule has 6 nitrogen and oxygen atoms in total. The normalized spacial score (nSPS) is 11.2. The molecule has 0 atom stereocenters. The van der Waals surface area contributed by atoms with E-state index in [0.29, 0.717) is 19.8 Å². The summed E-state index contributed by atoms with van der Waals surface area (Å²) in [6.45, 7) is 2.24. The van der Waals surface area contributed by atoms with E-state index in [-0.39, 0.29) is 11.5 Å². The minimum absolute atomic E-state index is 0.104. The first-order valence-electron chi connectivity index (χ1n) is 13.1. The molecule has 0 aliphatic heterocycles. The maximum atomic E-state index is 11.4. The van der Waals surface area contributed by atoms with Gasteiger partial charge in [-0.3, -0.25) is 0 Å². The van der Waals surface area contributed by atoms with Crippen LogP contribution < -0.4 is 0 Å². The number of hydrogen-bond acceptors (Lipinski definition) is 8. The van der Waals surface area contributed by atoms with E-state index in [4.69, 9.17) is 0 Å². The molecule has 3 aromatic carbocycles. The summed E-state index contributed by atoms with van der Waals surface area (Å²) in [6.07, 6.45) is 10.1. The fourth-order valence-corrected chi connectivity index (χ4v) is 7.08. The number of thioether (sulfide) groups is 1. The van der Waals surface area contributed by atoms with Gasteiger partial charge in [-0.1, -0.05) is 100 Å². The number of nitrogens with zero attached hydrogens (tertiary/aromatic N) is 4. The molecule has 38 heavy (non-hydrogen) atoms. The van der Waals surface area contributed by atoms with Gasteiger partial charge in [-0.05, 0) is 64.7 Å². The van der Waals surface area contributed by atoms with Gasteiger partial charge in [-0.25, -0.2) is 0 Å². The lowest BCUT2D eigenvalue weighted by molar-refractivity contribution is 0.423. The zero-order valence-corrected chi connectivity index (χ0v) is 24.1. The molecule has 1 heterocycles. The largest absolute Gasteiger partial charge is 0.507 e. The van der Waals surface area contributed by atoms with Crippen LogP contribution in [0.4, 0.5) is 0 Å². The number of aromatic hydroxyl groups is 2. The van der Waals surface area contributed by atoms with Crippen molar-refractivity contribution in [3.63, 3.8) is 0 Å². The summed E-state index contributed by atoms with van der Waals surface area (Å²) in [5, 5.41) is 35.2. The fourth-order valence-electron chi connectivity index (χ4n) is 3.99. The third kappa shape index (κ3) is 7.94. The summed E-state index contributed by atoms with van der Waals surface area (Å²) in [7, 11) is 0. The van der Waals surface area contributed by atoms with Crippen LogP contribution in [0, 0.1) is 0 Å². The summed E-state index contributed by atoms with van der Waals surface area (Å²) in [4.78, 5) is 2.79. The van der Waals surface area contributed by atoms with Gasteiger partial charge in [0.15, 0.2) is 0 Å². The van der Waals surface area contributed by atoms with E-state index < -0.39 is 0 Å². The first-order chi connectivity index (χ1) is 18.7. The number of tetrazole rings is 1. The molecule has 0 bridgehead atoms. The first-order valence-corrected chi connectivity index (χ1v) is 15.8. The average Bonchev–Trinajstić information content (AvgIpc) is 3.41. The number of benzene rings is 3. The molecule has 200 valence electrons. The van der Waals surface area contributed by atoms with Crippen molar-refractivity contribution in [2.45, 2.75) is 83.0 Å². The molecule has 0 fully saturated rings. The summed E-state index contributed by atoms with van der Waals surface area (Å²) in [5.74, 6) is 1.19. The lowest BCUT2D eigenvalue weighted by Crippen LogP contribution is -1.98. The van der Waals surface area contributed by atoms with Gasteiger partial charge in [-0.2, -0.15) is 4.68 Å². The van der Waals surface area contributed by atoms with Crippen molar-refractivity contribution in [3.05, 3.63) is 66.7 Å². The van der Waals surface area contributed by atoms with E-state index in [1.807, 2.05) is 60.7 Å². The molecule has 0 aliphatic carbocycles. The number of aromatic nitrogens is 4. The molecule has 0 amide bonds. The average molecular weight is 567 g/mol. The smallest absolute Gasteiger partial charge is 0.219 e. The molecule has 4 aromatic rings. The van der Waals surface area contributed by atoms with Gasteiger partial charge < -0.3 is 10.2 Å². The van der Waals surface area contributed by atoms with Gasteiger partial charge in [-0.15, -0.1) is 16.9 Å². The van der Waals surface area contributed by atoms with Crippen LogP contribution in [0.3, 0.4) is 0 Å². The lowest BCUT2D eigenvalue weighted by atomic mass is 10.1. The molecule has 0 spiro atoms. The summed E-state index contributed by atoms with van der Waals surface area (Å²) in [5.41, 5.74) is 0.818. The Morgan fingerprint density at radius 1 is 0.763 bits per heavy atom. The van der Waals surface area contributed by atoms with Crippen LogP contribution in [0.1, 0.15) is 58.3 Å². The van der Waals surface area contributed by atoms with Crippen molar-refractivity contribution in [1.29, 1.82) is 0 Å². The quantitative estimate of drug-likeness (QED) is 0.0840. The van der Waals surface area contributed by atoms with Crippen LogP contribution >= 0.6 is 35.3 Å². The van der Waals surface area contributed by atoms with Gasteiger partial charge in [0.1, 0.15) is 11.5 Å². The van der Waals surface area contributed by atoms with Crippen LogP contribution in [0.25, 0.3) is 5.69 Å². The second kappa shape index (κ2) is 15.1. The van der Waals surface area contributed by atoms with Crippen molar-refractivity contribution in [2.75, 3.05) is 5.75 Å². The highest BCUT2D eigenvalue weighted by atomic mass is 32.2.